The normalized spacial score (nSPS) is 11.8. The summed E-state index contributed by atoms with van der Waals surface area (Å²) in [4.78, 5) is 12.0. The predicted molar refractivity (Wildman–Crippen MR) is 93.9 cm³/mol. The van der Waals surface area contributed by atoms with E-state index in [0.717, 1.165) is 18.2 Å². The van der Waals surface area contributed by atoms with E-state index in [-0.39, 0.29) is 5.69 Å². The molecule has 0 aromatic heterocycles. The van der Waals surface area contributed by atoms with Crippen LogP contribution in [-0.4, -0.2) is 23.5 Å². The zero-order chi connectivity index (χ0) is 17.5. The molecule has 0 bridgehead atoms. The van der Waals surface area contributed by atoms with Gasteiger partial charge < -0.3 is 10.1 Å². The smallest absolute Gasteiger partial charge is 0.237 e. The summed E-state index contributed by atoms with van der Waals surface area (Å²) in [6, 6.07) is 9.90. The summed E-state index contributed by atoms with van der Waals surface area (Å²) >= 11 is 7.14. The van der Waals surface area contributed by atoms with E-state index in [1.165, 1.54) is 11.8 Å². The molecule has 0 aliphatic rings. The van der Waals surface area contributed by atoms with Crippen molar-refractivity contribution >= 4 is 35.0 Å². The highest BCUT2D eigenvalue weighted by Gasteiger charge is 2.15. The van der Waals surface area contributed by atoms with E-state index >= 15 is 0 Å². The first kappa shape index (κ1) is 18.5. The number of carbonyl (C=O) groups is 1. The highest BCUT2D eigenvalue weighted by Crippen LogP contribution is 2.19. The molecular weight excluding hydrogens is 356 g/mol. The summed E-state index contributed by atoms with van der Waals surface area (Å²) in [5, 5.41) is 2.59. The maximum atomic E-state index is 13.5. The second kappa shape index (κ2) is 8.89. The summed E-state index contributed by atoms with van der Waals surface area (Å²) in [6.45, 7) is 2.11. The predicted octanol–water partition coefficient (Wildman–Crippen LogP) is 4.76. The van der Waals surface area contributed by atoms with Crippen LogP contribution in [0, 0.1) is 11.6 Å². The minimum absolute atomic E-state index is 0.162. The van der Waals surface area contributed by atoms with Gasteiger partial charge in [-0.3, -0.25) is 4.79 Å². The molecule has 0 radical (unpaired) electrons. The standard InChI is InChI=1S/C17H16ClF2NO2S/c1-11(17(22)21-16-10-13(19)4-7-15(16)20)24-9-8-23-14-5-2-12(18)3-6-14/h2-7,10-11H,8-9H2,1H3,(H,21,22)/t11-/m0/s1. The lowest BCUT2D eigenvalue weighted by molar-refractivity contribution is -0.115. The van der Waals surface area contributed by atoms with Gasteiger partial charge in [-0.15, -0.1) is 11.8 Å². The number of hydrogen-bond donors (Lipinski definition) is 1. The lowest BCUT2D eigenvalue weighted by Gasteiger charge is -2.13. The Balaban J connectivity index is 1.75. The van der Waals surface area contributed by atoms with Crippen LogP contribution in [0.15, 0.2) is 42.5 Å². The zero-order valence-corrected chi connectivity index (χ0v) is 14.5. The van der Waals surface area contributed by atoms with Crippen molar-refractivity contribution in [1.29, 1.82) is 0 Å². The van der Waals surface area contributed by atoms with Gasteiger partial charge in [-0.25, -0.2) is 8.78 Å². The number of anilines is 1. The van der Waals surface area contributed by atoms with Gasteiger partial charge >= 0.3 is 0 Å². The molecule has 0 saturated carbocycles. The highest BCUT2D eigenvalue weighted by molar-refractivity contribution is 8.00. The topological polar surface area (TPSA) is 38.3 Å². The minimum Gasteiger partial charge on any atom is -0.493 e. The molecule has 2 rings (SSSR count). The van der Waals surface area contributed by atoms with Crippen molar-refractivity contribution in [3.05, 3.63) is 59.1 Å². The maximum absolute atomic E-state index is 13.5. The van der Waals surface area contributed by atoms with Crippen molar-refractivity contribution in [3.63, 3.8) is 0 Å². The van der Waals surface area contributed by atoms with Gasteiger partial charge in [0.2, 0.25) is 5.91 Å². The quantitative estimate of drug-likeness (QED) is 0.713. The van der Waals surface area contributed by atoms with Crippen molar-refractivity contribution in [2.24, 2.45) is 0 Å². The maximum Gasteiger partial charge on any atom is 0.237 e. The molecule has 0 spiro atoms. The van der Waals surface area contributed by atoms with Crippen LogP contribution in [0.2, 0.25) is 5.02 Å². The molecule has 2 aromatic carbocycles. The van der Waals surface area contributed by atoms with E-state index in [2.05, 4.69) is 5.32 Å². The Bertz CT molecular complexity index is 697. The van der Waals surface area contributed by atoms with Crippen LogP contribution in [0.1, 0.15) is 6.92 Å². The van der Waals surface area contributed by atoms with Gasteiger partial charge in [0, 0.05) is 16.8 Å². The van der Waals surface area contributed by atoms with Crippen LogP contribution in [0.25, 0.3) is 0 Å². The molecule has 0 saturated heterocycles. The molecule has 0 heterocycles. The molecule has 24 heavy (non-hydrogen) atoms. The third-order valence-electron chi connectivity index (χ3n) is 3.09. The van der Waals surface area contributed by atoms with Gasteiger partial charge in [-0.1, -0.05) is 11.6 Å². The molecule has 1 N–H and O–H groups in total. The average Bonchev–Trinajstić information content (AvgIpc) is 2.56. The Kier molecular flexibility index (Phi) is 6.87. The zero-order valence-electron chi connectivity index (χ0n) is 12.9. The number of amides is 1. The van der Waals surface area contributed by atoms with Crippen LogP contribution in [0.3, 0.4) is 0 Å². The molecule has 7 heteroatoms. The van der Waals surface area contributed by atoms with Gasteiger partial charge in [-0.2, -0.15) is 0 Å². The Morgan fingerprint density at radius 1 is 1.25 bits per heavy atom. The summed E-state index contributed by atoms with van der Waals surface area (Å²) in [7, 11) is 0. The van der Waals surface area contributed by atoms with Gasteiger partial charge in [-0.05, 0) is 43.3 Å². The van der Waals surface area contributed by atoms with Gasteiger partial charge in [0.25, 0.3) is 0 Å². The molecular formula is C17H16ClF2NO2S. The second-order valence-corrected chi connectivity index (χ2v) is 6.81. The number of rotatable bonds is 7. The van der Waals surface area contributed by atoms with Crippen LogP contribution in [0.4, 0.5) is 14.5 Å². The second-order valence-electron chi connectivity index (χ2n) is 4.93. The number of benzene rings is 2. The molecule has 2 aromatic rings. The molecule has 0 fully saturated rings. The number of ether oxygens (including phenoxy) is 1. The molecule has 0 unspecified atom stereocenters. The van der Waals surface area contributed by atoms with E-state index in [4.69, 9.17) is 16.3 Å². The molecule has 128 valence electrons. The largest absolute Gasteiger partial charge is 0.493 e. The summed E-state index contributed by atoms with van der Waals surface area (Å²) in [5.41, 5.74) is -0.162. The van der Waals surface area contributed by atoms with Crippen molar-refractivity contribution in [1.82, 2.24) is 0 Å². The summed E-state index contributed by atoms with van der Waals surface area (Å²) in [5.74, 6) is -0.408. The van der Waals surface area contributed by atoms with Gasteiger partial charge in [0.05, 0.1) is 17.5 Å². The monoisotopic (exact) mass is 371 g/mol. The van der Waals surface area contributed by atoms with E-state index in [1.807, 2.05) is 0 Å². The lowest BCUT2D eigenvalue weighted by Crippen LogP contribution is -2.24. The van der Waals surface area contributed by atoms with Crippen molar-refractivity contribution in [2.45, 2.75) is 12.2 Å². The van der Waals surface area contributed by atoms with Gasteiger partial charge in [0.1, 0.15) is 17.4 Å². The number of carbonyl (C=O) groups excluding carboxylic acids is 1. The molecule has 0 aliphatic carbocycles. The Labute approximate surface area is 148 Å². The minimum atomic E-state index is -0.673. The van der Waals surface area contributed by atoms with Crippen LogP contribution in [-0.2, 0) is 4.79 Å². The molecule has 3 nitrogen and oxygen atoms in total. The van der Waals surface area contributed by atoms with E-state index in [1.54, 1.807) is 31.2 Å². The Morgan fingerprint density at radius 3 is 2.67 bits per heavy atom. The third-order valence-corrected chi connectivity index (χ3v) is 4.46. The number of thioether (sulfide) groups is 1. The SMILES string of the molecule is C[C@H](SCCOc1ccc(Cl)cc1)C(=O)Nc1cc(F)ccc1F. The third kappa shape index (κ3) is 5.69. The lowest BCUT2D eigenvalue weighted by atomic mass is 10.3. The molecule has 1 atom stereocenters. The van der Waals surface area contributed by atoms with Crippen molar-refractivity contribution in [2.75, 3.05) is 17.7 Å². The van der Waals surface area contributed by atoms with Crippen LogP contribution in [0.5, 0.6) is 5.75 Å². The van der Waals surface area contributed by atoms with E-state index in [9.17, 15) is 13.6 Å². The van der Waals surface area contributed by atoms with Crippen LogP contribution >= 0.6 is 23.4 Å². The Hall–Kier alpha value is -1.79. The average molecular weight is 372 g/mol. The number of halogens is 3. The Morgan fingerprint density at radius 2 is 1.96 bits per heavy atom. The fourth-order valence-corrected chi connectivity index (χ4v) is 2.69. The highest BCUT2D eigenvalue weighted by atomic mass is 35.5. The first-order chi connectivity index (χ1) is 11.5. The summed E-state index contributed by atoms with van der Waals surface area (Å²) < 4.78 is 32.1. The fourth-order valence-electron chi connectivity index (χ4n) is 1.82. The van der Waals surface area contributed by atoms with E-state index in [0.29, 0.717) is 23.1 Å². The number of nitrogens with one attached hydrogen (secondary N) is 1. The van der Waals surface area contributed by atoms with Crippen molar-refractivity contribution < 1.29 is 18.3 Å². The van der Waals surface area contributed by atoms with Crippen LogP contribution < -0.4 is 10.1 Å². The summed E-state index contributed by atoms with van der Waals surface area (Å²) in [6.07, 6.45) is 0. The van der Waals surface area contributed by atoms with Crippen molar-refractivity contribution in [3.8, 4) is 5.75 Å². The molecule has 1 amide bonds. The first-order valence-corrected chi connectivity index (χ1v) is 8.64. The number of hydrogen-bond acceptors (Lipinski definition) is 3. The fraction of sp³-hybridized carbons (Fsp3) is 0.235. The van der Waals surface area contributed by atoms with E-state index < -0.39 is 22.8 Å². The molecule has 0 aliphatic heterocycles. The first-order valence-electron chi connectivity index (χ1n) is 7.21. The van der Waals surface area contributed by atoms with Gasteiger partial charge in [0.15, 0.2) is 0 Å².